The van der Waals surface area contributed by atoms with Gasteiger partial charge in [0.1, 0.15) is 11.0 Å². The highest BCUT2D eigenvalue weighted by molar-refractivity contribution is 7.16. The third kappa shape index (κ3) is 4.95. The molecular weight excluding hydrogens is 466 g/mol. The number of hydrogen-bond acceptors (Lipinski definition) is 7. The van der Waals surface area contributed by atoms with Gasteiger partial charge < -0.3 is 23.9 Å². The zero-order chi connectivity index (χ0) is 24.9. The molecule has 9 heteroatoms. The first kappa shape index (κ1) is 24.2. The first-order valence-electron chi connectivity index (χ1n) is 10.9. The van der Waals surface area contributed by atoms with Crippen molar-refractivity contribution in [2.75, 3.05) is 32.0 Å². The van der Waals surface area contributed by atoms with Crippen molar-refractivity contribution in [2.45, 2.75) is 19.9 Å². The molecule has 0 saturated carbocycles. The van der Waals surface area contributed by atoms with E-state index in [1.54, 1.807) is 33.5 Å². The molecule has 35 heavy (non-hydrogen) atoms. The molecule has 0 radical (unpaired) electrons. The number of carbonyl (C=O) groups is 1. The molecule has 0 bridgehead atoms. The van der Waals surface area contributed by atoms with Crippen LogP contribution in [-0.4, -0.2) is 27.2 Å². The van der Waals surface area contributed by atoms with Crippen LogP contribution in [0, 0.1) is 13.8 Å². The van der Waals surface area contributed by atoms with Crippen LogP contribution in [-0.2, 0) is 0 Å². The lowest BCUT2D eigenvalue weighted by Gasteiger charge is -2.20. The van der Waals surface area contributed by atoms with Gasteiger partial charge in [0.15, 0.2) is 17.3 Å². The number of rotatable bonds is 9. The van der Waals surface area contributed by atoms with Crippen molar-refractivity contribution in [3.8, 4) is 17.2 Å². The number of aryl methyl sites for hydroxylation is 1. The molecule has 0 fully saturated rings. The van der Waals surface area contributed by atoms with Gasteiger partial charge in [0.25, 0.3) is 11.7 Å². The average molecular weight is 495 g/mol. The van der Waals surface area contributed by atoms with Crippen molar-refractivity contribution in [3.05, 3.63) is 82.3 Å². The van der Waals surface area contributed by atoms with Crippen LogP contribution >= 0.6 is 11.3 Å². The lowest BCUT2D eigenvalue weighted by molar-refractivity contribution is -0.361. The summed E-state index contributed by atoms with van der Waals surface area (Å²) in [6.45, 7) is 4.08. The largest absolute Gasteiger partial charge is 0.493 e. The monoisotopic (exact) mass is 494 g/mol. The van der Waals surface area contributed by atoms with E-state index in [4.69, 9.17) is 18.6 Å². The molecule has 0 saturated heterocycles. The molecular formula is C26H28N3O5S+. The zero-order valence-corrected chi connectivity index (χ0v) is 21.0. The van der Waals surface area contributed by atoms with Crippen molar-refractivity contribution in [2.24, 2.45) is 0 Å². The quantitative estimate of drug-likeness (QED) is 0.330. The number of pyridine rings is 1. The minimum Gasteiger partial charge on any atom is -0.493 e. The second-order valence-electron chi connectivity index (χ2n) is 7.77. The van der Waals surface area contributed by atoms with E-state index in [0.29, 0.717) is 17.2 Å². The van der Waals surface area contributed by atoms with E-state index in [-0.39, 0.29) is 17.7 Å². The lowest BCUT2D eigenvalue weighted by atomic mass is 9.95. The van der Waals surface area contributed by atoms with Crippen LogP contribution in [0.5, 0.6) is 17.2 Å². The maximum absolute atomic E-state index is 12.9. The Kier molecular flexibility index (Phi) is 7.26. The van der Waals surface area contributed by atoms with Gasteiger partial charge in [-0.25, -0.2) is 4.98 Å². The highest BCUT2D eigenvalue weighted by Gasteiger charge is 2.30. The second-order valence-corrected chi connectivity index (χ2v) is 8.99. The third-order valence-corrected chi connectivity index (χ3v) is 6.86. The molecule has 0 aliphatic rings. The topological polar surface area (TPSA) is 96.1 Å². The maximum Gasteiger partial charge on any atom is 0.291 e. The van der Waals surface area contributed by atoms with E-state index in [0.717, 1.165) is 32.4 Å². The fourth-order valence-corrected chi connectivity index (χ4v) is 4.98. The average Bonchev–Trinajstić information content (AvgIpc) is 3.51. The smallest absolute Gasteiger partial charge is 0.291 e. The van der Waals surface area contributed by atoms with E-state index in [1.807, 2.05) is 50.4 Å². The number of H-pyrrole nitrogens is 1. The maximum atomic E-state index is 12.9. The summed E-state index contributed by atoms with van der Waals surface area (Å²) in [5.41, 5.74) is 2.86. The number of methoxy groups -OCH3 is 3. The predicted molar refractivity (Wildman–Crippen MR) is 135 cm³/mol. The van der Waals surface area contributed by atoms with E-state index in [2.05, 4.69) is 15.6 Å². The molecule has 0 spiro atoms. The highest BCUT2D eigenvalue weighted by atomic mass is 32.1. The summed E-state index contributed by atoms with van der Waals surface area (Å²) in [5, 5.41) is 7.34. The van der Waals surface area contributed by atoms with Crippen molar-refractivity contribution < 1.29 is 28.4 Å². The van der Waals surface area contributed by atoms with Crippen LogP contribution in [0.4, 0.5) is 10.8 Å². The number of aromatic amines is 1. The Balaban J connectivity index is 1.87. The number of anilines is 2. The van der Waals surface area contributed by atoms with E-state index >= 15 is 0 Å². The molecule has 3 aromatic heterocycles. The van der Waals surface area contributed by atoms with E-state index in [1.165, 1.54) is 17.6 Å². The van der Waals surface area contributed by atoms with E-state index < -0.39 is 0 Å². The number of furan rings is 1. The van der Waals surface area contributed by atoms with Gasteiger partial charge in [-0.15, -0.1) is 11.3 Å². The third-order valence-electron chi connectivity index (χ3n) is 5.72. The van der Waals surface area contributed by atoms with Gasteiger partial charge in [0, 0.05) is 22.1 Å². The van der Waals surface area contributed by atoms with Gasteiger partial charge in [0.2, 0.25) is 5.75 Å². The molecule has 1 aromatic carbocycles. The fraction of sp³-hybridized carbons (Fsp3) is 0.231. The first-order valence-corrected chi connectivity index (χ1v) is 11.8. The van der Waals surface area contributed by atoms with Gasteiger partial charge >= 0.3 is 0 Å². The Morgan fingerprint density at radius 2 is 1.77 bits per heavy atom. The van der Waals surface area contributed by atoms with Crippen LogP contribution in [0.2, 0.25) is 0 Å². The van der Waals surface area contributed by atoms with E-state index in [9.17, 15) is 4.79 Å². The number of nitrogens with one attached hydrogen (secondary N) is 3. The van der Waals surface area contributed by atoms with Crippen molar-refractivity contribution in [3.63, 3.8) is 0 Å². The Hall–Kier alpha value is -3.98. The second kappa shape index (κ2) is 10.5. The van der Waals surface area contributed by atoms with Gasteiger partial charge in [0.05, 0.1) is 33.8 Å². The molecule has 8 nitrogen and oxygen atoms in total. The Labute approximate surface area is 207 Å². The molecule has 1 atom stereocenters. The summed E-state index contributed by atoms with van der Waals surface area (Å²) >= 11 is 1.52. The lowest BCUT2D eigenvalue weighted by Crippen LogP contribution is -2.21. The van der Waals surface area contributed by atoms with Crippen LogP contribution in [0.1, 0.15) is 38.2 Å². The van der Waals surface area contributed by atoms with Crippen LogP contribution in [0.3, 0.4) is 0 Å². The number of carbonyl (C=O) groups excluding carboxylic acids is 1. The van der Waals surface area contributed by atoms with Crippen molar-refractivity contribution in [1.29, 1.82) is 0 Å². The predicted octanol–water partition coefficient (Wildman–Crippen LogP) is 5.25. The molecule has 0 unspecified atom stereocenters. The number of benzene rings is 1. The van der Waals surface area contributed by atoms with Gasteiger partial charge in [-0.3, -0.25) is 10.1 Å². The van der Waals surface area contributed by atoms with Crippen molar-refractivity contribution in [1.82, 2.24) is 0 Å². The molecule has 4 rings (SSSR count). The highest BCUT2D eigenvalue weighted by Crippen LogP contribution is 2.45. The first-order chi connectivity index (χ1) is 17.0. The van der Waals surface area contributed by atoms with Crippen LogP contribution < -0.4 is 29.8 Å². The summed E-state index contributed by atoms with van der Waals surface area (Å²) in [7, 11) is 4.75. The minimum absolute atomic E-state index is 0.244. The number of ether oxygens (including phenoxy) is 3. The number of aromatic nitrogens is 1. The molecule has 4 aromatic rings. The summed E-state index contributed by atoms with van der Waals surface area (Å²) in [4.78, 5) is 17.2. The Bertz CT molecular complexity index is 1280. The molecule has 0 aliphatic carbocycles. The molecule has 182 valence electrons. The minimum atomic E-state index is -0.362. The summed E-state index contributed by atoms with van der Waals surface area (Å²) in [6, 6.07) is 12.6. The zero-order valence-electron chi connectivity index (χ0n) is 20.2. The van der Waals surface area contributed by atoms with Gasteiger partial charge in [-0.1, -0.05) is 6.07 Å². The van der Waals surface area contributed by atoms with Crippen LogP contribution in [0.25, 0.3) is 0 Å². The summed E-state index contributed by atoms with van der Waals surface area (Å²) in [6.07, 6.45) is 3.33. The molecule has 1 amide bonds. The summed E-state index contributed by atoms with van der Waals surface area (Å²) < 4.78 is 22.0. The molecule has 0 aliphatic heterocycles. The Morgan fingerprint density at radius 1 is 1.03 bits per heavy atom. The Morgan fingerprint density at radius 3 is 2.34 bits per heavy atom. The van der Waals surface area contributed by atoms with Gasteiger partial charge in [-0.05, 0) is 49.7 Å². The molecule has 3 N–H and O–H groups in total. The summed E-state index contributed by atoms with van der Waals surface area (Å²) in [5.74, 6) is 2.32. The molecule has 3 heterocycles. The number of hydrogen-bond donors (Lipinski definition) is 2. The number of amides is 1. The van der Waals surface area contributed by atoms with Crippen molar-refractivity contribution >= 4 is 28.1 Å². The SMILES string of the molecule is COc1cc([C@@H](Nc2cccc[nH+]2)c2c(NC(=O)c3ccco3)sc(C)c2C)cc(OC)c1OC. The number of thiophene rings is 1. The van der Waals surface area contributed by atoms with Gasteiger partial charge in [-0.2, -0.15) is 0 Å². The normalized spacial score (nSPS) is 11.6. The standard InChI is InChI=1S/C26H27N3O5S/c1-15-16(2)35-26(29-25(30)18-9-8-12-34-18)22(15)23(28-21-10-6-7-11-27-21)17-13-19(31-3)24(33-5)20(14-17)32-4/h6-14,23H,1-5H3,(H,27,28)(H,29,30)/p+1/t23-/m1/s1. The van der Waals surface area contributed by atoms with Crippen LogP contribution in [0.15, 0.2) is 59.3 Å². The fourth-order valence-electron chi connectivity index (χ4n) is 3.89.